The van der Waals surface area contributed by atoms with Gasteiger partial charge in [-0.2, -0.15) is 18.4 Å². The molecule has 3 nitrogen and oxygen atoms in total. The number of nitrogens with zero attached hydrogens (tertiary/aromatic N) is 2. The summed E-state index contributed by atoms with van der Waals surface area (Å²) in [4.78, 5) is 13.9. The predicted octanol–water partition coefficient (Wildman–Crippen LogP) is 3.12. The van der Waals surface area contributed by atoms with Gasteiger partial charge in [0, 0.05) is 19.0 Å². The normalized spacial score (nSPS) is 31.7. The van der Waals surface area contributed by atoms with Crippen molar-refractivity contribution < 1.29 is 18.0 Å². The standard InChI is InChI=1S/C14H19F3N2O/c15-14(16,17)12-5-1-4-11(7-12)13(20)19-6-2-3-10(8-18)9-19/h10-12H,1-7,9H2. The van der Waals surface area contributed by atoms with E-state index in [-0.39, 0.29) is 24.7 Å². The molecule has 0 aromatic heterocycles. The lowest BCUT2D eigenvalue weighted by atomic mass is 9.80. The summed E-state index contributed by atoms with van der Waals surface area (Å²) in [5.41, 5.74) is 0. The third kappa shape index (κ3) is 3.44. The van der Waals surface area contributed by atoms with Gasteiger partial charge in [0.1, 0.15) is 0 Å². The first-order valence-electron chi connectivity index (χ1n) is 7.17. The van der Waals surface area contributed by atoms with E-state index in [1.807, 2.05) is 0 Å². The fourth-order valence-electron chi connectivity index (χ4n) is 3.25. The van der Waals surface area contributed by atoms with Crippen molar-refractivity contribution in [3.8, 4) is 6.07 Å². The molecule has 1 heterocycles. The van der Waals surface area contributed by atoms with Crippen LogP contribution in [0.3, 0.4) is 0 Å². The number of amides is 1. The minimum Gasteiger partial charge on any atom is -0.341 e. The Morgan fingerprint density at radius 2 is 1.95 bits per heavy atom. The molecule has 0 N–H and O–H groups in total. The van der Waals surface area contributed by atoms with Crippen LogP contribution in [0.15, 0.2) is 0 Å². The van der Waals surface area contributed by atoms with Gasteiger partial charge in [0.15, 0.2) is 0 Å². The van der Waals surface area contributed by atoms with Gasteiger partial charge in [0.25, 0.3) is 0 Å². The van der Waals surface area contributed by atoms with Crippen LogP contribution >= 0.6 is 0 Å². The molecule has 20 heavy (non-hydrogen) atoms. The molecule has 3 atom stereocenters. The highest BCUT2D eigenvalue weighted by Crippen LogP contribution is 2.40. The number of halogens is 3. The highest BCUT2D eigenvalue weighted by molar-refractivity contribution is 5.79. The Hall–Kier alpha value is -1.25. The molecule has 112 valence electrons. The van der Waals surface area contributed by atoms with E-state index in [0.717, 1.165) is 12.8 Å². The molecule has 1 saturated carbocycles. The third-order valence-corrected chi connectivity index (χ3v) is 4.40. The molecule has 1 aliphatic carbocycles. The first kappa shape index (κ1) is 15.1. The van der Waals surface area contributed by atoms with Crippen molar-refractivity contribution in [2.75, 3.05) is 13.1 Å². The molecule has 1 saturated heterocycles. The first-order chi connectivity index (χ1) is 9.41. The second-order valence-corrected chi connectivity index (χ2v) is 5.85. The molecular formula is C14H19F3N2O. The maximum atomic E-state index is 12.8. The highest BCUT2D eigenvalue weighted by atomic mass is 19.4. The SMILES string of the molecule is N#CC1CCCN(C(=O)C2CCCC(C(F)(F)F)C2)C1. The second kappa shape index (κ2) is 6.02. The van der Waals surface area contributed by atoms with Crippen molar-refractivity contribution >= 4 is 5.91 Å². The van der Waals surface area contributed by atoms with E-state index in [0.29, 0.717) is 25.9 Å². The van der Waals surface area contributed by atoms with Crippen molar-refractivity contribution in [1.29, 1.82) is 5.26 Å². The van der Waals surface area contributed by atoms with Gasteiger partial charge in [-0.25, -0.2) is 0 Å². The van der Waals surface area contributed by atoms with E-state index in [9.17, 15) is 18.0 Å². The second-order valence-electron chi connectivity index (χ2n) is 5.85. The van der Waals surface area contributed by atoms with Gasteiger partial charge in [0.2, 0.25) is 5.91 Å². The number of hydrogen-bond acceptors (Lipinski definition) is 2. The largest absolute Gasteiger partial charge is 0.391 e. The topological polar surface area (TPSA) is 44.1 Å². The number of alkyl halides is 3. The number of piperidine rings is 1. The number of rotatable bonds is 1. The molecule has 0 radical (unpaired) electrons. The summed E-state index contributed by atoms with van der Waals surface area (Å²) in [5.74, 6) is -2.22. The lowest BCUT2D eigenvalue weighted by Gasteiger charge is -2.36. The Bertz CT molecular complexity index is 402. The molecule has 0 spiro atoms. The van der Waals surface area contributed by atoms with Crippen LogP contribution in [0.1, 0.15) is 38.5 Å². The van der Waals surface area contributed by atoms with Crippen LogP contribution < -0.4 is 0 Å². The Labute approximate surface area is 116 Å². The first-order valence-corrected chi connectivity index (χ1v) is 7.17. The molecule has 1 aliphatic heterocycles. The molecule has 0 aromatic rings. The zero-order chi connectivity index (χ0) is 14.8. The zero-order valence-corrected chi connectivity index (χ0v) is 11.3. The van der Waals surface area contributed by atoms with E-state index < -0.39 is 18.0 Å². The molecular weight excluding hydrogens is 269 g/mol. The van der Waals surface area contributed by atoms with Crippen LogP contribution in [0.2, 0.25) is 0 Å². The quantitative estimate of drug-likeness (QED) is 0.744. The van der Waals surface area contributed by atoms with Crippen LogP contribution in [0.5, 0.6) is 0 Å². The lowest BCUT2D eigenvalue weighted by Crippen LogP contribution is -2.44. The molecule has 3 unspecified atom stereocenters. The lowest BCUT2D eigenvalue weighted by molar-refractivity contribution is -0.187. The van der Waals surface area contributed by atoms with E-state index in [1.165, 1.54) is 0 Å². The van der Waals surface area contributed by atoms with Crippen LogP contribution in [-0.2, 0) is 4.79 Å². The predicted molar refractivity (Wildman–Crippen MR) is 66.4 cm³/mol. The van der Waals surface area contributed by atoms with Crippen molar-refractivity contribution in [3.63, 3.8) is 0 Å². The van der Waals surface area contributed by atoms with Crippen LogP contribution in [0.4, 0.5) is 13.2 Å². The number of carbonyl (C=O) groups excluding carboxylic acids is 1. The Morgan fingerprint density at radius 3 is 2.60 bits per heavy atom. The maximum Gasteiger partial charge on any atom is 0.391 e. The summed E-state index contributed by atoms with van der Waals surface area (Å²) in [7, 11) is 0. The maximum absolute atomic E-state index is 12.8. The monoisotopic (exact) mass is 288 g/mol. The number of carbonyl (C=O) groups is 1. The minimum absolute atomic E-state index is 0.0872. The number of hydrogen-bond donors (Lipinski definition) is 0. The van der Waals surface area contributed by atoms with Crippen molar-refractivity contribution in [3.05, 3.63) is 0 Å². The number of nitriles is 1. The van der Waals surface area contributed by atoms with Crippen molar-refractivity contribution in [2.45, 2.75) is 44.7 Å². The van der Waals surface area contributed by atoms with Gasteiger partial charge in [-0.3, -0.25) is 4.79 Å². The Balaban J connectivity index is 1.97. The van der Waals surface area contributed by atoms with Gasteiger partial charge in [-0.05, 0) is 32.1 Å². The minimum atomic E-state index is -4.20. The molecule has 2 rings (SSSR count). The van der Waals surface area contributed by atoms with Gasteiger partial charge in [-0.1, -0.05) is 6.42 Å². The molecule has 6 heteroatoms. The molecule has 2 fully saturated rings. The van der Waals surface area contributed by atoms with E-state index in [1.54, 1.807) is 4.90 Å². The van der Waals surface area contributed by atoms with Crippen molar-refractivity contribution in [2.24, 2.45) is 17.8 Å². The van der Waals surface area contributed by atoms with Gasteiger partial charge < -0.3 is 4.90 Å². The fraction of sp³-hybridized carbons (Fsp3) is 0.857. The van der Waals surface area contributed by atoms with E-state index in [2.05, 4.69) is 6.07 Å². The average molecular weight is 288 g/mol. The van der Waals surface area contributed by atoms with Gasteiger partial charge in [0.05, 0.1) is 17.9 Å². The molecule has 0 aromatic carbocycles. The summed E-state index contributed by atoms with van der Waals surface area (Å²) in [6, 6.07) is 2.15. The third-order valence-electron chi connectivity index (χ3n) is 4.40. The summed E-state index contributed by atoms with van der Waals surface area (Å²) in [6.07, 6.45) is -1.62. The fourth-order valence-corrected chi connectivity index (χ4v) is 3.25. The average Bonchev–Trinajstić information content (AvgIpc) is 2.46. The summed E-state index contributed by atoms with van der Waals surface area (Å²) < 4.78 is 38.3. The Morgan fingerprint density at radius 1 is 1.20 bits per heavy atom. The number of likely N-dealkylation sites (tertiary alicyclic amines) is 1. The van der Waals surface area contributed by atoms with Crippen LogP contribution in [0.25, 0.3) is 0 Å². The van der Waals surface area contributed by atoms with Gasteiger partial charge in [-0.15, -0.1) is 0 Å². The van der Waals surface area contributed by atoms with Gasteiger partial charge >= 0.3 is 6.18 Å². The molecule has 2 aliphatic rings. The Kier molecular flexibility index (Phi) is 4.56. The van der Waals surface area contributed by atoms with Crippen LogP contribution in [-0.4, -0.2) is 30.1 Å². The highest BCUT2D eigenvalue weighted by Gasteiger charge is 2.44. The van der Waals surface area contributed by atoms with Crippen LogP contribution in [0, 0.1) is 29.1 Å². The summed E-state index contributed by atoms with van der Waals surface area (Å²) >= 11 is 0. The summed E-state index contributed by atoms with van der Waals surface area (Å²) in [5, 5.41) is 8.91. The van der Waals surface area contributed by atoms with E-state index >= 15 is 0 Å². The molecule has 0 bridgehead atoms. The van der Waals surface area contributed by atoms with Crippen molar-refractivity contribution in [1.82, 2.24) is 4.90 Å². The van der Waals surface area contributed by atoms with E-state index in [4.69, 9.17) is 5.26 Å². The smallest absolute Gasteiger partial charge is 0.341 e. The zero-order valence-electron chi connectivity index (χ0n) is 11.3. The molecule has 1 amide bonds. The summed E-state index contributed by atoms with van der Waals surface area (Å²) in [6.45, 7) is 0.951.